The van der Waals surface area contributed by atoms with Gasteiger partial charge in [0, 0.05) is 53.3 Å². The van der Waals surface area contributed by atoms with Gasteiger partial charge in [0.1, 0.15) is 5.82 Å². The Morgan fingerprint density at radius 2 is 1.77 bits per heavy atom. The summed E-state index contributed by atoms with van der Waals surface area (Å²) in [5.74, 6) is -1.51. The molecule has 3 heterocycles. The number of carbonyl (C=O) groups is 1. The van der Waals surface area contributed by atoms with Crippen molar-refractivity contribution in [2.75, 3.05) is 13.2 Å². The predicted molar refractivity (Wildman–Crippen MR) is 183 cm³/mol. The van der Waals surface area contributed by atoms with Crippen LogP contribution in [0.15, 0.2) is 42.5 Å². The van der Waals surface area contributed by atoms with Crippen molar-refractivity contribution in [2.45, 2.75) is 92.5 Å². The zero-order chi connectivity index (χ0) is 34.5. The molecule has 4 aromatic rings. The molecule has 3 aromatic carbocycles. The van der Waals surface area contributed by atoms with E-state index in [0.717, 1.165) is 58.3 Å². The van der Waals surface area contributed by atoms with Gasteiger partial charge in [-0.2, -0.15) is 0 Å². The van der Waals surface area contributed by atoms with Crippen LogP contribution in [0, 0.1) is 39.3 Å². The van der Waals surface area contributed by atoms with E-state index in [1.165, 1.54) is 17.7 Å². The lowest BCUT2D eigenvalue weighted by atomic mass is 9.82. The van der Waals surface area contributed by atoms with E-state index in [0.29, 0.717) is 54.2 Å². The minimum absolute atomic E-state index is 0.183. The van der Waals surface area contributed by atoms with Gasteiger partial charge in [0.2, 0.25) is 0 Å². The first kappa shape index (κ1) is 33.7. The Balaban J connectivity index is 1.52. The summed E-state index contributed by atoms with van der Waals surface area (Å²) in [6.07, 6.45) is 0.872. The van der Waals surface area contributed by atoms with Crippen LogP contribution in [0.2, 0.25) is 0 Å². The molecule has 0 spiro atoms. The van der Waals surface area contributed by atoms with Crippen LogP contribution in [0.4, 0.5) is 8.78 Å². The number of pyridine rings is 1. The van der Waals surface area contributed by atoms with Crippen molar-refractivity contribution in [3.63, 3.8) is 0 Å². The van der Waals surface area contributed by atoms with Crippen molar-refractivity contribution in [3.05, 3.63) is 104 Å². The molecule has 6 nitrogen and oxygen atoms in total. The highest BCUT2D eigenvalue weighted by Gasteiger charge is 2.35. The molecule has 0 fully saturated rings. The third-order valence-corrected chi connectivity index (χ3v) is 9.59. The lowest BCUT2D eigenvalue weighted by Crippen LogP contribution is -2.30. The molecule has 1 N–H and O–H groups in total. The molecule has 252 valence electrons. The first-order chi connectivity index (χ1) is 22.7. The number of aliphatic carboxylic acids is 1. The molecule has 48 heavy (non-hydrogen) atoms. The predicted octanol–water partition coefficient (Wildman–Crippen LogP) is 8.75. The zero-order valence-electron chi connectivity index (χ0n) is 28.9. The maximum Gasteiger partial charge on any atom is 0.337 e. The summed E-state index contributed by atoms with van der Waals surface area (Å²) in [4.78, 5) is 20.1. The van der Waals surface area contributed by atoms with Crippen LogP contribution in [-0.2, 0) is 35.5 Å². The van der Waals surface area contributed by atoms with E-state index in [4.69, 9.17) is 14.5 Å². The Morgan fingerprint density at radius 1 is 1.00 bits per heavy atom. The second-order valence-electron chi connectivity index (χ2n) is 14.2. The molecule has 1 aromatic heterocycles. The van der Waals surface area contributed by atoms with Crippen LogP contribution in [-0.4, -0.2) is 39.7 Å². The fraction of sp³-hybridized carbons (Fsp3) is 0.400. The van der Waals surface area contributed by atoms with Crippen LogP contribution in [0.3, 0.4) is 0 Å². The summed E-state index contributed by atoms with van der Waals surface area (Å²) in [5, 5.41) is 10.6. The number of halogens is 2. The van der Waals surface area contributed by atoms with Crippen molar-refractivity contribution >= 4 is 5.97 Å². The summed E-state index contributed by atoms with van der Waals surface area (Å²) >= 11 is 0. The lowest BCUT2D eigenvalue weighted by molar-refractivity contribution is -0.160. The highest BCUT2D eigenvalue weighted by atomic mass is 19.1. The first-order valence-electron chi connectivity index (χ1n) is 16.7. The fourth-order valence-electron chi connectivity index (χ4n) is 7.31. The fourth-order valence-corrected chi connectivity index (χ4v) is 7.31. The molecule has 0 saturated carbocycles. The van der Waals surface area contributed by atoms with Crippen LogP contribution < -0.4 is 4.74 Å². The first-order valence-corrected chi connectivity index (χ1v) is 16.7. The summed E-state index contributed by atoms with van der Waals surface area (Å²) in [6.45, 7) is 15.5. The van der Waals surface area contributed by atoms with Crippen LogP contribution in [0.25, 0.3) is 22.3 Å². The third kappa shape index (κ3) is 6.48. The third-order valence-electron chi connectivity index (χ3n) is 9.59. The van der Waals surface area contributed by atoms with E-state index in [1.807, 2.05) is 53.7 Å². The molecule has 0 radical (unpaired) electrons. The Hall–Kier alpha value is -4.14. The number of aromatic nitrogens is 1. The van der Waals surface area contributed by atoms with Gasteiger partial charge in [-0.3, -0.25) is 9.88 Å². The maximum atomic E-state index is 15.8. The van der Waals surface area contributed by atoms with E-state index in [-0.39, 0.29) is 11.6 Å². The highest BCUT2D eigenvalue weighted by Crippen LogP contribution is 2.47. The Kier molecular flexibility index (Phi) is 9.18. The second-order valence-corrected chi connectivity index (χ2v) is 14.2. The molecule has 0 amide bonds. The van der Waals surface area contributed by atoms with E-state index < -0.39 is 23.5 Å². The van der Waals surface area contributed by atoms with Gasteiger partial charge in [0.15, 0.2) is 17.7 Å². The van der Waals surface area contributed by atoms with Crippen LogP contribution >= 0.6 is 0 Å². The number of rotatable bonds is 7. The standard InChI is InChI=1S/C40H44F2N2O4/c1-22-10-8-12-32(41)31(22)21-44-16-15-26-18-27(13-14-28(26)20-44)34-24(3)43-25(4)35(38(39(45)46)48-40(5,6)7)36(34)30-19-33(42)37-29(23(30)2)11-9-17-47-37/h8,10,12-14,18-19,38H,9,11,15-17,20-21H2,1-7H3,(H,45,46)/t38-/m0/s1. The Morgan fingerprint density at radius 3 is 2.48 bits per heavy atom. The average molecular weight is 655 g/mol. The summed E-state index contributed by atoms with van der Waals surface area (Å²) < 4.78 is 42.5. The summed E-state index contributed by atoms with van der Waals surface area (Å²) in [6, 6.07) is 13.0. The molecular weight excluding hydrogens is 610 g/mol. The molecule has 6 rings (SSSR count). The van der Waals surface area contributed by atoms with Crippen LogP contribution in [0.1, 0.15) is 83.6 Å². The quantitative estimate of drug-likeness (QED) is 0.215. The van der Waals surface area contributed by atoms with Gasteiger partial charge in [0.25, 0.3) is 0 Å². The molecule has 1 atom stereocenters. The van der Waals surface area contributed by atoms with E-state index >= 15 is 4.39 Å². The molecule has 2 aliphatic rings. The molecule has 0 unspecified atom stereocenters. The summed E-state index contributed by atoms with van der Waals surface area (Å²) in [7, 11) is 0. The normalized spacial score (nSPS) is 15.4. The average Bonchev–Trinajstić information content (AvgIpc) is 3.03. The smallest absolute Gasteiger partial charge is 0.337 e. The number of nitrogens with zero attached hydrogens (tertiary/aromatic N) is 2. The molecule has 0 saturated heterocycles. The number of hydrogen-bond acceptors (Lipinski definition) is 5. The molecular formula is C40H44F2N2O4. The van der Waals surface area contributed by atoms with Crippen molar-refractivity contribution in [1.29, 1.82) is 0 Å². The van der Waals surface area contributed by atoms with E-state index in [1.54, 1.807) is 13.0 Å². The number of carboxylic acids is 1. The van der Waals surface area contributed by atoms with Gasteiger partial charge >= 0.3 is 5.97 Å². The van der Waals surface area contributed by atoms with Crippen molar-refractivity contribution in [1.82, 2.24) is 9.88 Å². The number of carboxylic acid groups (broad SMARTS) is 1. The van der Waals surface area contributed by atoms with Crippen molar-refractivity contribution in [3.8, 4) is 28.0 Å². The molecule has 0 bridgehead atoms. The van der Waals surface area contributed by atoms with Gasteiger partial charge in [-0.15, -0.1) is 0 Å². The van der Waals surface area contributed by atoms with Gasteiger partial charge < -0.3 is 14.6 Å². The number of benzene rings is 3. The van der Waals surface area contributed by atoms with Gasteiger partial charge in [0.05, 0.1) is 12.2 Å². The number of ether oxygens (including phenoxy) is 2. The van der Waals surface area contributed by atoms with Crippen molar-refractivity contribution in [2.24, 2.45) is 0 Å². The Labute approximate surface area is 281 Å². The molecule has 2 aliphatic heterocycles. The topological polar surface area (TPSA) is 71.9 Å². The Bertz CT molecular complexity index is 1890. The van der Waals surface area contributed by atoms with E-state index in [2.05, 4.69) is 17.0 Å². The van der Waals surface area contributed by atoms with Crippen molar-refractivity contribution < 1.29 is 28.2 Å². The highest BCUT2D eigenvalue weighted by molar-refractivity contribution is 5.92. The number of aryl methyl sites for hydroxylation is 3. The maximum absolute atomic E-state index is 15.8. The monoisotopic (exact) mass is 654 g/mol. The minimum atomic E-state index is -1.34. The molecule has 0 aliphatic carbocycles. The second kappa shape index (κ2) is 13.1. The van der Waals surface area contributed by atoms with E-state index in [9.17, 15) is 14.3 Å². The zero-order valence-corrected chi connectivity index (χ0v) is 28.9. The van der Waals surface area contributed by atoms with Gasteiger partial charge in [-0.1, -0.05) is 30.3 Å². The largest absolute Gasteiger partial charge is 0.490 e. The number of hydrogen-bond donors (Lipinski definition) is 1. The summed E-state index contributed by atoms with van der Waals surface area (Å²) in [5.41, 5.74) is 9.40. The van der Waals surface area contributed by atoms with Gasteiger partial charge in [-0.05, 0) is 119 Å². The minimum Gasteiger partial charge on any atom is -0.490 e. The van der Waals surface area contributed by atoms with Crippen LogP contribution in [0.5, 0.6) is 5.75 Å². The molecule has 8 heteroatoms. The number of fused-ring (bicyclic) bond motifs is 2. The lowest BCUT2D eigenvalue weighted by Gasteiger charge is -2.31. The SMILES string of the molecule is Cc1cccc(F)c1CN1CCc2cc(-c3c(C)nc(C)c([C@H](OC(C)(C)C)C(=O)O)c3-c3cc(F)c4c(c3C)CCCO4)ccc2C1. The van der Waals surface area contributed by atoms with Gasteiger partial charge in [-0.25, -0.2) is 13.6 Å².